The molecule has 4 heterocycles. The molecule has 0 spiro atoms. The summed E-state index contributed by atoms with van der Waals surface area (Å²) in [7, 11) is 0. The molecule has 3 aliphatic heterocycles. The van der Waals surface area contributed by atoms with E-state index in [2.05, 4.69) is 45.0 Å². The number of anilines is 2. The first-order valence-electron chi connectivity index (χ1n) is 12.4. The summed E-state index contributed by atoms with van der Waals surface area (Å²) in [4.78, 5) is 26.4. The van der Waals surface area contributed by atoms with E-state index < -0.39 is 0 Å². The van der Waals surface area contributed by atoms with E-state index in [0.29, 0.717) is 11.9 Å². The van der Waals surface area contributed by atoms with Gasteiger partial charge in [-0.3, -0.25) is 9.69 Å². The first kappa shape index (κ1) is 23.6. The maximum atomic E-state index is 13.2. The SMILES string of the molecule is CC1(C)Cc2cc(NC(=O)C(=CN)c3ncccn3)c(N3CCN(CC4CCCO4)CC3)cc2O1. The Morgan fingerprint density at radius 2 is 2.00 bits per heavy atom. The van der Waals surface area contributed by atoms with E-state index in [4.69, 9.17) is 15.2 Å². The molecule has 5 rings (SSSR count). The first-order chi connectivity index (χ1) is 16.9. The largest absolute Gasteiger partial charge is 0.487 e. The van der Waals surface area contributed by atoms with Crippen molar-refractivity contribution in [1.29, 1.82) is 0 Å². The van der Waals surface area contributed by atoms with E-state index in [0.717, 1.165) is 81.3 Å². The van der Waals surface area contributed by atoms with Gasteiger partial charge in [-0.1, -0.05) is 0 Å². The van der Waals surface area contributed by atoms with Crippen molar-refractivity contribution in [3.8, 4) is 5.75 Å². The molecule has 2 fully saturated rings. The van der Waals surface area contributed by atoms with E-state index in [-0.39, 0.29) is 17.1 Å². The number of benzene rings is 1. The fourth-order valence-electron chi connectivity index (χ4n) is 5.13. The van der Waals surface area contributed by atoms with Crippen molar-refractivity contribution in [1.82, 2.24) is 14.9 Å². The molecule has 1 aromatic carbocycles. The lowest BCUT2D eigenvalue weighted by atomic mass is 10.0. The van der Waals surface area contributed by atoms with Crippen LogP contribution in [0, 0.1) is 0 Å². The number of hydrogen-bond donors (Lipinski definition) is 2. The lowest BCUT2D eigenvalue weighted by Crippen LogP contribution is -2.48. The fourth-order valence-corrected chi connectivity index (χ4v) is 5.13. The van der Waals surface area contributed by atoms with E-state index >= 15 is 0 Å². The fraction of sp³-hybridized carbons (Fsp3) is 0.500. The molecule has 9 nitrogen and oxygen atoms in total. The van der Waals surface area contributed by atoms with Gasteiger partial charge >= 0.3 is 0 Å². The third kappa shape index (κ3) is 5.26. The summed E-state index contributed by atoms with van der Waals surface area (Å²) in [6.45, 7) is 9.64. The molecular weight excluding hydrogens is 444 g/mol. The minimum atomic E-state index is -0.338. The molecule has 1 aromatic heterocycles. The molecule has 2 saturated heterocycles. The van der Waals surface area contributed by atoms with E-state index in [1.54, 1.807) is 18.5 Å². The molecule has 1 amide bonds. The Balaban J connectivity index is 1.37. The Hall–Kier alpha value is -3.17. The highest BCUT2D eigenvalue weighted by Gasteiger charge is 2.33. The zero-order chi connectivity index (χ0) is 24.4. The number of carbonyl (C=O) groups excluding carboxylic acids is 1. The number of fused-ring (bicyclic) bond motifs is 1. The first-order valence-corrected chi connectivity index (χ1v) is 12.4. The predicted octanol–water partition coefficient (Wildman–Crippen LogP) is 2.43. The highest BCUT2D eigenvalue weighted by atomic mass is 16.5. The minimum absolute atomic E-state index is 0.231. The molecule has 3 aliphatic rings. The Kier molecular flexibility index (Phi) is 6.62. The number of aromatic nitrogens is 2. The van der Waals surface area contributed by atoms with Crippen LogP contribution < -0.4 is 20.7 Å². The van der Waals surface area contributed by atoms with Crippen LogP contribution in [-0.2, 0) is 16.0 Å². The van der Waals surface area contributed by atoms with Crippen molar-refractivity contribution in [2.24, 2.45) is 5.73 Å². The normalized spacial score (nSPS) is 22.1. The van der Waals surface area contributed by atoms with Gasteiger partial charge in [0.1, 0.15) is 11.4 Å². The van der Waals surface area contributed by atoms with Crippen LogP contribution in [0.1, 0.15) is 38.1 Å². The Labute approximate surface area is 206 Å². The summed E-state index contributed by atoms with van der Waals surface area (Å²) in [5.41, 5.74) is 8.54. The maximum absolute atomic E-state index is 13.2. The van der Waals surface area contributed by atoms with E-state index in [1.807, 2.05) is 6.07 Å². The lowest BCUT2D eigenvalue weighted by molar-refractivity contribution is -0.111. The second kappa shape index (κ2) is 9.83. The molecule has 0 aliphatic carbocycles. The lowest BCUT2D eigenvalue weighted by Gasteiger charge is -2.38. The average Bonchev–Trinajstić information content (AvgIpc) is 3.46. The molecule has 186 valence electrons. The van der Waals surface area contributed by atoms with Gasteiger partial charge in [-0.15, -0.1) is 0 Å². The molecule has 35 heavy (non-hydrogen) atoms. The van der Waals surface area contributed by atoms with Gasteiger partial charge in [-0.2, -0.15) is 0 Å². The quantitative estimate of drug-likeness (QED) is 0.610. The van der Waals surface area contributed by atoms with E-state index in [1.165, 1.54) is 6.20 Å². The van der Waals surface area contributed by atoms with Crippen LogP contribution in [0.3, 0.4) is 0 Å². The number of nitrogens with zero attached hydrogens (tertiary/aromatic N) is 4. The highest BCUT2D eigenvalue weighted by Crippen LogP contribution is 2.42. The molecule has 0 radical (unpaired) electrons. The van der Waals surface area contributed by atoms with Crippen LogP contribution in [-0.4, -0.2) is 71.8 Å². The summed E-state index contributed by atoms with van der Waals surface area (Å²) in [6.07, 6.45) is 7.89. The smallest absolute Gasteiger partial charge is 0.261 e. The standard InChI is InChI=1S/C26H34N6O3/c1-26(2)15-18-13-21(30-25(33)20(16-27)24-28-6-4-7-29-24)22(14-23(18)35-26)32-10-8-31(9-11-32)17-19-5-3-12-34-19/h4,6-7,13-14,16,19H,3,5,8-12,15,17,27H2,1-2H3,(H,30,33). The van der Waals surface area contributed by atoms with Gasteiger partial charge < -0.3 is 25.4 Å². The highest BCUT2D eigenvalue weighted by molar-refractivity contribution is 6.24. The van der Waals surface area contributed by atoms with Crippen molar-refractivity contribution in [3.63, 3.8) is 0 Å². The third-order valence-electron chi connectivity index (χ3n) is 6.85. The molecular formula is C26H34N6O3. The molecule has 1 unspecified atom stereocenters. The van der Waals surface area contributed by atoms with Gasteiger partial charge in [0.2, 0.25) is 0 Å². The van der Waals surface area contributed by atoms with Crippen LogP contribution in [0.15, 0.2) is 36.8 Å². The second-order valence-corrected chi connectivity index (χ2v) is 10.0. The van der Waals surface area contributed by atoms with Crippen molar-refractivity contribution >= 4 is 22.9 Å². The van der Waals surface area contributed by atoms with Crippen LogP contribution in [0.2, 0.25) is 0 Å². The topological polar surface area (TPSA) is 106 Å². The second-order valence-electron chi connectivity index (χ2n) is 10.0. The Bertz CT molecular complexity index is 1090. The summed E-state index contributed by atoms with van der Waals surface area (Å²) < 4.78 is 12.0. The Morgan fingerprint density at radius 3 is 2.69 bits per heavy atom. The van der Waals surface area contributed by atoms with Gasteiger partial charge in [-0.05, 0) is 38.8 Å². The van der Waals surface area contributed by atoms with Crippen molar-refractivity contribution in [2.75, 3.05) is 49.5 Å². The molecule has 9 heteroatoms. The van der Waals surface area contributed by atoms with Gasteiger partial charge in [0.25, 0.3) is 5.91 Å². The number of rotatable bonds is 6. The number of amides is 1. The predicted molar refractivity (Wildman–Crippen MR) is 135 cm³/mol. The van der Waals surface area contributed by atoms with Gasteiger partial charge in [0.05, 0.1) is 23.1 Å². The molecule has 2 aromatic rings. The van der Waals surface area contributed by atoms with Crippen molar-refractivity contribution in [3.05, 3.63) is 48.2 Å². The van der Waals surface area contributed by atoms with Crippen LogP contribution in [0.25, 0.3) is 5.57 Å². The summed E-state index contributed by atoms with van der Waals surface area (Å²) >= 11 is 0. The van der Waals surface area contributed by atoms with Crippen molar-refractivity contribution in [2.45, 2.75) is 44.8 Å². The maximum Gasteiger partial charge on any atom is 0.261 e. The number of nitrogens with two attached hydrogens (primary N) is 1. The Morgan fingerprint density at radius 1 is 1.23 bits per heavy atom. The molecule has 1 atom stereocenters. The number of hydrogen-bond acceptors (Lipinski definition) is 8. The molecule has 0 bridgehead atoms. The zero-order valence-electron chi connectivity index (χ0n) is 20.5. The van der Waals surface area contributed by atoms with Gasteiger partial charge in [-0.25, -0.2) is 9.97 Å². The van der Waals surface area contributed by atoms with Gasteiger partial charge in [0.15, 0.2) is 5.82 Å². The number of ether oxygens (including phenoxy) is 2. The third-order valence-corrected chi connectivity index (χ3v) is 6.85. The number of carbonyl (C=O) groups is 1. The number of piperazine rings is 1. The van der Waals surface area contributed by atoms with Crippen LogP contribution in [0.5, 0.6) is 5.75 Å². The average molecular weight is 479 g/mol. The summed E-state index contributed by atoms with van der Waals surface area (Å²) in [5, 5.41) is 3.09. The van der Waals surface area contributed by atoms with Crippen LogP contribution in [0.4, 0.5) is 11.4 Å². The summed E-state index contributed by atoms with van der Waals surface area (Å²) in [5.74, 6) is 0.836. The number of nitrogens with one attached hydrogen (secondary N) is 1. The zero-order valence-corrected chi connectivity index (χ0v) is 20.5. The van der Waals surface area contributed by atoms with Crippen molar-refractivity contribution < 1.29 is 14.3 Å². The van der Waals surface area contributed by atoms with Crippen LogP contribution >= 0.6 is 0 Å². The summed E-state index contributed by atoms with van der Waals surface area (Å²) in [6, 6.07) is 5.81. The molecule has 3 N–H and O–H groups in total. The molecule has 0 saturated carbocycles. The monoisotopic (exact) mass is 478 g/mol. The van der Waals surface area contributed by atoms with E-state index in [9.17, 15) is 4.79 Å². The minimum Gasteiger partial charge on any atom is -0.487 e. The van der Waals surface area contributed by atoms with Gasteiger partial charge in [0, 0.05) is 76.0 Å².